The van der Waals surface area contributed by atoms with Crippen LogP contribution in [0.5, 0.6) is 11.5 Å². The average molecular weight is 293 g/mol. The van der Waals surface area contributed by atoms with Crippen LogP contribution >= 0.6 is 0 Å². The highest BCUT2D eigenvalue weighted by atomic mass is 16.3. The molecule has 1 amide bonds. The lowest BCUT2D eigenvalue weighted by Gasteiger charge is -2.17. The lowest BCUT2D eigenvalue weighted by atomic mass is 10.1. The minimum atomic E-state index is 0.138. The molecule has 0 atom stereocenters. The van der Waals surface area contributed by atoms with Crippen molar-refractivity contribution in [1.82, 2.24) is 4.90 Å². The Bertz CT molecular complexity index is 425. The van der Waals surface area contributed by atoms with Crippen LogP contribution in [-0.2, 0) is 11.2 Å². The second kappa shape index (κ2) is 9.27. The number of phenolic OH excluding ortho intramolecular Hbond substituents is 2. The Hall–Kier alpha value is -1.71. The Labute approximate surface area is 127 Å². The van der Waals surface area contributed by atoms with Crippen molar-refractivity contribution >= 4 is 5.91 Å². The van der Waals surface area contributed by atoms with Crippen LogP contribution in [0.2, 0.25) is 0 Å². The zero-order chi connectivity index (χ0) is 15.7. The van der Waals surface area contributed by atoms with Gasteiger partial charge in [-0.25, -0.2) is 0 Å². The third-order valence-electron chi connectivity index (χ3n) is 3.72. The van der Waals surface area contributed by atoms with Gasteiger partial charge >= 0.3 is 0 Å². The number of rotatable bonds is 9. The topological polar surface area (TPSA) is 60.8 Å². The predicted octanol–water partition coefficient (Wildman–Crippen LogP) is 3.46. The number of amides is 1. The summed E-state index contributed by atoms with van der Waals surface area (Å²) in [6.07, 6.45) is 6.14. The van der Waals surface area contributed by atoms with E-state index < -0.39 is 0 Å². The highest BCUT2D eigenvalue weighted by Crippen LogP contribution is 2.27. The lowest BCUT2D eigenvalue weighted by Crippen LogP contribution is -2.27. The summed E-state index contributed by atoms with van der Waals surface area (Å²) in [4.78, 5) is 13.6. The van der Waals surface area contributed by atoms with Crippen molar-refractivity contribution in [1.29, 1.82) is 0 Å². The standard InChI is InChI=1S/C17H27NO3/c1-3-4-5-12-17(21)18(2)13-7-6-9-14-15(19)10-8-11-16(14)20/h8,10-11,19-20H,3-7,9,12-13H2,1-2H3. The zero-order valence-corrected chi connectivity index (χ0v) is 13.1. The molecule has 0 bridgehead atoms. The summed E-state index contributed by atoms with van der Waals surface area (Å²) in [5.41, 5.74) is 0.592. The quantitative estimate of drug-likeness (QED) is 0.685. The van der Waals surface area contributed by atoms with Crippen molar-refractivity contribution in [2.75, 3.05) is 13.6 Å². The molecule has 1 rings (SSSR count). The lowest BCUT2D eigenvalue weighted by molar-refractivity contribution is -0.130. The maximum absolute atomic E-state index is 11.8. The Balaban J connectivity index is 2.26. The molecule has 21 heavy (non-hydrogen) atoms. The van der Waals surface area contributed by atoms with Crippen LogP contribution in [0, 0.1) is 0 Å². The van der Waals surface area contributed by atoms with Crippen molar-refractivity contribution in [2.24, 2.45) is 0 Å². The molecule has 0 saturated carbocycles. The van der Waals surface area contributed by atoms with Crippen molar-refractivity contribution in [3.63, 3.8) is 0 Å². The van der Waals surface area contributed by atoms with Gasteiger partial charge in [-0.3, -0.25) is 4.79 Å². The van der Waals surface area contributed by atoms with Gasteiger partial charge in [0, 0.05) is 25.6 Å². The summed E-state index contributed by atoms with van der Waals surface area (Å²) in [6.45, 7) is 2.85. The van der Waals surface area contributed by atoms with Gasteiger partial charge in [-0.15, -0.1) is 0 Å². The van der Waals surface area contributed by atoms with E-state index in [0.29, 0.717) is 18.4 Å². The maximum Gasteiger partial charge on any atom is 0.222 e. The second-order valence-electron chi connectivity index (χ2n) is 5.50. The summed E-state index contributed by atoms with van der Waals surface area (Å²) < 4.78 is 0. The minimum absolute atomic E-state index is 0.138. The molecule has 0 heterocycles. The molecule has 0 radical (unpaired) electrons. The van der Waals surface area contributed by atoms with E-state index in [2.05, 4.69) is 6.92 Å². The van der Waals surface area contributed by atoms with Crippen LogP contribution in [0.1, 0.15) is 51.0 Å². The van der Waals surface area contributed by atoms with E-state index in [1.165, 1.54) is 0 Å². The van der Waals surface area contributed by atoms with Crippen LogP contribution in [-0.4, -0.2) is 34.6 Å². The largest absolute Gasteiger partial charge is 0.508 e. The number of aromatic hydroxyl groups is 2. The average Bonchev–Trinajstić information content (AvgIpc) is 2.45. The summed E-state index contributed by atoms with van der Waals surface area (Å²) in [5, 5.41) is 19.4. The SMILES string of the molecule is CCCCCC(=O)N(C)CCCCc1c(O)cccc1O. The molecular formula is C17H27NO3. The fourth-order valence-corrected chi connectivity index (χ4v) is 2.31. The highest BCUT2D eigenvalue weighted by molar-refractivity contribution is 5.75. The molecule has 118 valence electrons. The van der Waals surface area contributed by atoms with Crippen molar-refractivity contribution in [3.8, 4) is 11.5 Å². The number of unbranched alkanes of at least 4 members (excludes halogenated alkanes) is 3. The van der Waals surface area contributed by atoms with Gasteiger partial charge in [0.1, 0.15) is 11.5 Å². The van der Waals surface area contributed by atoms with E-state index in [0.717, 1.165) is 38.6 Å². The summed E-state index contributed by atoms with van der Waals surface area (Å²) in [7, 11) is 1.84. The molecule has 0 aromatic heterocycles. The normalized spacial score (nSPS) is 10.6. The van der Waals surface area contributed by atoms with Crippen LogP contribution in [0.3, 0.4) is 0 Å². The number of carbonyl (C=O) groups is 1. The molecule has 0 aliphatic rings. The first-order valence-corrected chi connectivity index (χ1v) is 7.80. The smallest absolute Gasteiger partial charge is 0.222 e. The highest BCUT2D eigenvalue weighted by Gasteiger charge is 2.09. The molecule has 0 saturated heterocycles. The Morgan fingerprint density at radius 1 is 1.10 bits per heavy atom. The van der Waals surface area contributed by atoms with E-state index >= 15 is 0 Å². The number of carbonyl (C=O) groups excluding carboxylic acids is 1. The van der Waals surface area contributed by atoms with Crippen molar-refractivity contribution in [3.05, 3.63) is 23.8 Å². The van der Waals surface area contributed by atoms with Crippen LogP contribution in [0.4, 0.5) is 0 Å². The molecule has 4 heteroatoms. The first-order valence-electron chi connectivity index (χ1n) is 7.80. The first kappa shape index (κ1) is 17.3. The number of hydrogen-bond acceptors (Lipinski definition) is 3. The van der Waals surface area contributed by atoms with Gasteiger partial charge < -0.3 is 15.1 Å². The molecule has 1 aromatic rings. The molecule has 0 fully saturated rings. The van der Waals surface area contributed by atoms with Crippen LogP contribution in [0.15, 0.2) is 18.2 Å². The van der Waals surface area contributed by atoms with E-state index in [1.54, 1.807) is 23.1 Å². The Morgan fingerprint density at radius 2 is 1.76 bits per heavy atom. The van der Waals surface area contributed by atoms with Gasteiger partial charge in [0.05, 0.1) is 0 Å². The van der Waals surface area contributed by atoms with Crippen molar-refractivity contribution in [2.45, 2.75) is 51.9 Å². The molecule has 0 aliphatic heterocycles. The second-order valence-corrected chi connectivity index (χ2v) is 5.50. The molecule has 0 unspecified atom stereocenters. The van der Waals surface area contributed by atoms with Gasteiger partial charge in [0.25, 0.3) is 0 Å². The van der Waals surface area contributed by atoms with Gasteiger partial charge in [0.2, 0.25) is 5.91 Å². The number of phenols is 2. The summed E-state index contributed by atoms with van der Waals surface area (Å²) in [6, 6.07) is 4.79. The summed E-state index contributed by atoms with van der Waals surface area (Å²) >= 11 is 0. The van der Waals surface area contributed by atoms with E-state index in [4.69, 9.17) is 0 Å². The fraction of sp³-hybridized carbons (Fsp3) is 0.588. The van der Waals surface area contributed by atoms with Crippen LogP contribution in [0.25, 0.3) is 0 Å². The molecule has 2 N–H and O–H groups in total. The monoisotopic (exact) mass is 293 g/mol. The molecule has 1 aromatic carbocycles. The predicted molar refractivity (Wildman–Crippen MR) is 84.5 cm³/mol. The summed E-state index contributed by atoms with van der Waals surface area (Å²) in [5.74, 6) is 0.479. The Kier molecular flexibility index (Phi) is 7.65. The first-order chi connectivity index (χ1) is 10.1. The van der Waals surface area contributed by atoms with E-state index in [9.17, 15) is 15.0 Å². The fourth-order valence-electron chi connectivity index (χ4n) is 2.31. The minimum Gasteiger partial charge on any atom is -0.508 e. The molecule has 0 spiro atoms. The number of nitrogens with zero attached hydrogens (tertiary/aromatic N) is 1. The zero-order valence-electron chi connectivity index (χ0n) is 13.1. The third-order valence-corrected chi connectivity index (χ3v) is 3.72. The number of hydrogen-bond donors (Lipinski definition) is 2. The Morgan fingerprint density at radius 3 is 2.38 bits per heavy atom. The van der Waals surface area contributed by atoms with Gasteiger partial charge in [0.15, 0.2) is 0 Å². The molecular weight excluding hydrogens is 266 g/mol. The third kappa shape index (κ3) is 6.06. The molecule has 4 nitrogen and oxygen atoms in total. The van der Waals surface area contributed by atoms with Gasteiger partial charge in [-0.1, -0.05) is 25.8 Å². The number of benzene rings is 1. The van der Waals surface area contributed by atoms with Crippen LogP contribution < -0.4 is 0 Å². The van der Waals surface area contributed by atoms with E-state index in [-0.39, 0.29) is 17.4 Å². The van der Waals surface area contributed by atoms with Crippen molar-refractivity contribution < 1.29 is 15.0 Å². The molecule has 0 aliphatic carbocycles. The van der Waals surface area contributed by atoms with Gasteiger partial charge in [-0.2, -0.15) is 0 Å². The maximum atomic E-state index is 11.8. The van der Waals surface area contributed by atoms with Gasteiger partial charge in [-0.05, 0) is 37.8 Å². The van der Waals surface area contributed by atoms with E-state index in [1.807, 2.05) is 7.05 Å².